The van der Waals surface area contributed by atoms with Gasteiger partial charge in [0.25, 0.3) is 7.82 Å². The largest absolute Gasteiger partial charge is 0.756 e. The molecule has 0 amide bonds. The lowest BCUT2D eigenvalue weighted by atomic mass is 10.5. The molecular weight excluding hydrogens is 302 g/mol. The van der Waals surface area contributed by atoms with Crippen molar-refractivity contribution < 1.29 is 42.2 Å². The molecule has 5 N–H and O–H groups in total. The van der Waals surface area contributed by atoms with Crippen LogP contribution in [0.1, 0.15) is 0 Å². The summed E-state index contributed by atoms with van der Waals surface area (Å²) in [5.41, 5.74) is 4.87. The van der Waals surface area contributed by atoms with E-state index in [1.54, 1.807) is 0 Å². The van der Waals surface area contributed by atoms with Gasteiger partial charge in [-0.1, -0.05) is 0 Å². The van der Waals surface area contributed by atoms with Crippen molar-refractivity contribution in [1.82, 2.24) is 0 Å². The molecule has 0 aliphatic carbocycles. The Hall–Kier alpha value is 0.140. The summed E-state index contributed by atoms with van der Waals surface area (Å²) in [6.07, 6.45) is 0. The fraction of sp³-hybridized carbons (Fsp3) is 1.00. The fourth-order valence-corrected chi connectivity index (χ4v) is 1.26. The molecule has 19 heavy (non-hydrogen) atoms. The second-order valence-electron chi connectivity index (χ2n) is 4.43. The summed E-state index contributed by atoms with van der Waals surface area (Å²) < 4.78 is 28.5. The lowest BCUT2D eigenvalue weighted by molar-refractivity contribution is -0.870. The van der Waals surface area contributed by atoms with Crippen LogP contribution >= 0.6 is 15.6 Å². The highest BCUT2D eigenvalue weighted by atomic mass is 31.2. The maximum Gasteiger partial charge on any atom is 0.469 e. The first-order valence-corrected chi connectivity index (χ1v) is 8.18. The summed E-state index contributed by atoms with van der Waals surface area (Å²) in [7, 11) is -3.08. The van der Waals surface area contributed by atoms with Gasteiger partial charge in [0.2, 0.25) is 0 Å². The summed E-state index contributed by atoms with van der Waals surface area (Å²) in [6.45, 7) is 0.558. The number of likely N-dealkylation sites (N-methyl/N-ethyl adjacent to an activating group) is 1. The highest BCUT2D eigenvalue weighted by molar-refractivity contribution is 7.46. The van der Waals surface area contributed by atoms with Crippen molar-refractivity contribution in [2.45, 2.75) is 0 Å². The van der Waals surface area contributed by atoms with Gasteiger partial charge in [0, 0.05) is 6.54 Å². The summed E-state index contributed by atoms with van der Waals surface area (Å²) in [5, 5.41) is 0. The van der Waals surface area contributed by atoms with Gasteiger partial charge >= 0.3 is 7.82 Å². The van der Waals surface area contributed by atoms with Gasteiger partial charge in [0.15, 0.2) is 0 Å². The van der Waals surface area contributed by atoms with Crippen LogP contribution in [0.5, 0.6) is 0 Å². The van der Waals surface area contributed by atoms with Crippen LogP contribution < -0.4 is 10.6 Å². The number of nitrogens with two attached hydrogens (primary N) is 1. The van der Waals surface area contributed by atoms with Gasteiger partial charge < -0.3 is 34.3 Å². The summed E-state index contributed by atoms with van der Waals surface area (Å²) in [6, 6.07) is 0. The zero-order valence-electron chi connectivity index (χ0n) is 11.1. The molecule has 0 fully saturated rings. The highest BCUT2D eigenvalue weighted by Crippen LogP contribution is 2.34. The lowest BCUT2D eigenvalue weighted by Gasteiger charge is -2.25. The van der Waals surface area contributed by atoms with Crippen molar-refractivity contribution in [2.75, 3.05) is 47.4 Å². The molecule has 0 saturated heterocycles. The lowest BCUT2D eigenvalue weighted by Crippen LogP contribution is -2.37. The van der Waals surface area contributed by atoms with E-state index >= 15 is 0 Å². The first kappa shape index (κ1) is 21.4. The van der Waals surface area contributed by atoms with Crippen molar-refractivity contribution in [3.63, 3.8) is 0 Å². The topological polar surface area (TPSA) is 162 Å². The number of phosphoric ester groups is 2. The monoisotopic (exact) mass is 324 g/mol. The maximum absolute atomic E-state index is 10.1. The zero-order valence-corrected chi connectivity index (χ0v) is 12.9. The minimum absolute atomic E-state index is 0.0147. The number of rotatable bonds is 7. The Balaban J connectivity index is 0. The average molecular weight is 324 g/mol. The maximum atomic E-state index is 10.1. The van der Waals surface area contributed by atoms with Crippen LogP contribution in [0.25, 0.3) is 0 Å². The molecule has 0 bridgehead atoms. The number of phosphoric acid groups is 2. The second-order valence-corrected chi connectivity index (χ2v) is 6.86. The third-order valence-electron chi connectivity index (χ3n) is 1.39. The SMILES string of the molecule is C[N+](C)(C)CCOP(=O)([O-])O.NCCOP(=O)(O)O. The van der Waals surface area contributed by atoms with E-state index < -0.39 is 15.6 Å². The molecule has 0 rings (SSSR count). The molecule has 0 aliphatic heterocycles. The summed E-state index contributed by atoms with van der Waals surface area (Å²) in [5.74, 6) is 0. The number of quaternary nitrogens is 1. The Bertz CT molecular complexity index is 320. The van der Waals surface area contributed by atoms with Gasteiger partial charge in [0.05, 0.1) is 27.7 Å². The van der Waals surface area contributed by atoms with Gasteiger partial charge in [-0.3, -0.25) is 9.09 Å². The Labute approximate surface area is 112 Å². The zero-order chi connectivity index (χ0) is 15.7. The van der Waals surface area contributed by atoms with Crippen molar-refractivity contribution in [3.05, 3.63) is 0 Å². The fourth-order valence-electron chi connectivity index (χ4n) is 0.602. The van der Waals surface area contributed by atoms with Crippen LogP contribution in [-0.2, 0) is 18.2 Å². The Morgan fingerprint density at radius 2 is 1.58 bits per heavy atom. The first-order valence-electron chi connectivity index (χ1n) is 5.16. The standard InChI is InChI=1S/C5H14NO4P.C2H8NO4P/c1-6(2,3)4-5-10-11(7,8)9;3-1-2-7-8(4,5)6/h4-5H2,1-3H3,(H-,7,8,9);1-3H2,(H2,4,5,6). The van der Waals surface area contributed by atoms with E-state index in [1.165, 1.54) is 0 Å². The average Bonchev–Trinajstić information content (AvgIpc) is 2.10. The first-order chi connectivity index (χ1) is 8.27. The molecular formula is C7H22N2O8P2. The van der Waals surface area contributed by atoms with E-state index in [9.17, 15) is 14.0 Å². The normalized spacial score (nSPS) is 15.4. The minimum Gasteiger partial charge on any atom is -0.756 e. The van der Waals surface area contributed by atoms with Gasteiger partial charge in [-0.05, 0) is 0 Å². The van der Waals surface area contributed by atoms with Crippen molar-refractivity contribution in [3.8, 4) is 0 Å². The van der Waals surface area contributed by atoms with E-state index in [4.69, 9.17) is 20.4 Å². The molecule has 118 valence electrons. The second kappa shape index (κ2) is 9.15. The predicted octanol–water partition coefficient (Wildman–Crippen LogP) is -1.78. The molecule has 0 saturated carbocycles. The molecule has 0 aromatic carbocycles. The van der Waals surface area contributed by atoms with E-state index in [-0.39, 0.29) is 19.8 Å². The van der Waals surface area contributed by atoms with Crippen LogP contribution in [0.2, 0.25) is 0 Å². The Kier molecular flexibility index (Phi) is 10.3. The van der Waals surface area contributed by atoms with Crippen LogP contribution in [0, 0.1) is 0 Å². The van der Waals surface area contributed by atoms with E-state index in [2.05, 4.69) is 9.05 Å². The molecule has 12 heteroatoms. The van der Waals surface area contributed by atoms with Crippen LogP contribution in [0.15, 0.2) is 0 Å². The van der Waals surface area contributed by atoms with E-state index in [0.29, 0.717) is 11.0 Å². The molecule has 0 radical (unpaired) electrons. The van der Waals surface area contributed by atoms with Gasteiger partial charge in [0.1, 0.15) is 13.2 Å². The van der Waals surface area contributed by atoms with Crippen LogP contribution in [0.3, 0.4) is 0 Å². The van der Waals surface area contributed by atoms with Crippen molar-refractivity contribution in [2.24, 2.45) is 5.73 Å². The predicted molar refractivity (Wildman–Crippen MR) is 65.7 cm³/mol. The van der Waals surface area contributed by atoms with E-state index in [1.807, 2.05) is 21.1 Å². The Morgan fingerprint density at radius 3 is 1.79 bits per heavy atom. The molecule has 1 unspecified atom stereocenters. The molecule has 1 atom stereocenters. The molecule has 0 aliphatic rings. The summed E-state index contributed by atoms with van der Waals surface area (Å²) in [4.78, 5) is 34.2. The Morgan fingerprint density at radius 1 is 1.11 bits per heavy atom. The van der Waals surface area contributed by atoms with Gasteiger partial charge in [-0.15, -0.1) is 0 Å². The molecule has 0 heterocycles. The molecule has 0 spiro atoms. The molecule has 10 nitrogen and oxygen atoms in total. The molecule has 0 aromatic rings. The number of hydrogen-bond donors (Lipinski definition) is 4. The van der Waals surface area contributed by atoms with Crippen molar-refractivity contribution in [1.29, 1.82) is 0 Å². The smallest absolute Gasteiger partial charge is 0.469 e. The van der Waals surface area contributed by atoms with Gasteiger partial charge in [-0.25, -0.2) is 4.57 Å². The van der Waals surface area contributed by atoms with Crippen LogP contribution in [0.4, 0.5) is 0 Å². The van der Waals surface area contributed by atoms with E-state index in [0.717, 1.165) is 0 Å². The van der Waals surface area contributed by atoms with Crippen LogP contribution in [-0.4, -0.2) is 66.6 Å². The number of hydrogen-bond acceptors (Lipinski definition) is 6. The third-order valence-corrected chi connectivity index (χ3v) is 2.42. The van der Waals surface area contributed by atoms with Crippen molar-refractivity contribution >= 4 is 15.6 Å². The quantitative estimate of drug-likeness (QED) is 0.313. The third kappa shape index (κ3) is 27.4. The van der Waals surface area contributed by atoms with Gasteiger partial charge in [-0.2, -0.15) is 0 Å². The number of nitrogens with zero attached hydrogens (tertiary/aromatic N) is 1. The molecule has 0 aromatic heterocycles. The minimum atomic E-state index is -4.51. The highest BCUT2D eigenvalue weighted by Gasteiger charge is 2.11. The summed E-state index contributed by atoms with van der Waals surface area (Å²) >= 11 is 0.